The van der Waals surface area contributed by atoms with Crippen LogP contribution in [0, 0.1) is 6.42 Å². The van der Waals surface area contributed by atoms with Gasteiger partial charge in [0.05, 0.1) is 0 Å². The molecule has 1 saturated carbocycles. The molecule has 0 amide bonds. The largest absolute Gasteiger partial charge is 0.543 e. The van der Waals surface area contributed by atoms with Crippen molar-refractivity contribution in [1.82, 2.24) is 0 Å². The fourth-order valence-corrected chi connectivity index (χ4v) is 5.17. The van der Waals surface area contributed by atoms with E-state index >= 15 is 0 Å². The summed E-state index contributed by atoms with van der Waals surface area (Å²) in [5.74, 6) is 2.66. The molecule has 2 rings (SSSR count). The van der Waals surface area contributed by atoms with Crippen molar-refractivity contribution < 1.29 is 8.85 Å². The van der Waals surface area contributed by atoms with Gasteiger partial charge in [-0.05, 0) is 85.9 Å². The van der Waals surface area contributed by atoms with Gasteiger partial charge in [0.2, 0.25) is 16.6 Å². The minimum atomic E-state index is -1.91. The summed E-state index contributed by atoms with van der Waals surface area (Å²) in [5, 5.41) is 0.367. The first kappa shape index (κ1) is 23.5. The standard InChI is InChI=1S/C24H43O2Si2/c1-23(2,3)27(7,8)25-20-16-17-21(19-14-12-11-13-15-19)22(18-20)26-28(9,10)24(4,5)6/h11,16-19H,12-15H2,1-10H3. The van der Waals surface area contributed by atoms with Gasteiger partial charge in [-0.3, -0.25) is 0 Å². The van der Waals surface area contributed by atoms with Gasteiger partial charge in [-0.2, -0.15) is 0 Å². The predicted molar refractivity (Wildman–Crippen MR) is 128 cm³/mol. The molecular weight excluding hydrogens is 376 g/mol. The average molecular weight is 420 g/mol. The number of rotatable bonds is 5. The minimum Gasteiger partial charge on any atom is -0.543 e. The maximum atomic E-state index is 6.86. The molecule has 0 N–H and O–H groups in total. The molecule has 1 aliphatic rings. The lowest BCUT2D eigenvalue weighted by atomic mass is 9.84. The van der Waals surface area contributed by atoms with E-state index in [2.05, 4.69) is 92.4 Å². The van der Waals surface area contributed by atoms with Crippen LogP contribution >= 0.6 is 0 Å². The first-order valence-electron chi connectivity index (χ1n) is 11.0. The van der Waals surface area contributed by atoms with Crippen LogP contribution in [0.15, 0.2) is 18.2 Å². The molecule has 4 heteroatoms. The molecule has 0 bridgehead atoms. The molecule has 0 saturated heterocycles. The van der Waals surface area contributed by atoms with E-state index in [0.29, 0.717) is 5.92 Å². The van der Waals surface area contributed by atoms with Gasteiger partial charge in [0.15, 0.2) is 0 Å². The molecule has 0 aromatic heterocycles. The Morgan fingerprint density at radius 1 is 0.786 bits per heavy atom. The van der Waals surface area contributed by atoms with Crippen molar-refractivity contribution in [3.8, 4) is 11.5 Å². The van der Waals surface area contributed by atoms with Crippen molar-refractivity contribution in [2.75, 3.05) is 0 Å². The van der Waals surface area contributed by atoms with Gasteiger partial charge < -0.3 is 8.85 Å². The second-order valence-corrected chi connectivity index (χ2v) is 21.0. The Labute approximate surface area is 176 Å². The van der Waals surface area contributed by atoms with Crippen molar-refractivity contribution in [2.45, 2.75) is 109 Å². The summed E-state index contributed by atoms with van der Waals surface area (Å²) in [6, 6.07) is 6.68. The van der Waals surface area contributed by atoms with E-state index < -0.39 is 16.6 Å². The summed E-state index contributed by atoms with van der Waals surface area (Å²) < 4.78 is 13.5. The van der Waals surface area contributed by atoms with Crippen molar-refractivity contribution in [2.24, 2.45) is 0 Å². The first-order valence-corrected chi connectivity index (χ1v) is 16.8. The molecule has 0 spiro atoms. The Balaban J connectivity index is 2.41. The number of hydrogen-bond donors (Lipinski definition) is 0. The molecule has 1 aromatic rings. The maximum absolute atomic E-state index is 6.86. The first-order chi connectivity index (χ1) is 12.6. The van der Waals surface area contributed by atoms with Gasteiger partial charge in [-0.15, -0.1) is 0 Å². The summed E-state index contributed by atoms with van der Waals surface area (Å²) in [5.41, 5.74) is 1.39. The molecule has 1 aromatic carbocycles. The zero-order chi connectivity index (χ0) is 21.4. The SMILES string of the molecule is CC(C)(C)[Si](C)(C)Oc1ccc(C2CC[CH]CC2)c(O[Si](C)(C)C(C)(C)C)c1. The van der Waals surface area contributed by atoms with Gasteiger partial charge >= 0.3 is 0 Å². The fraction of sp³-hybridized carbons (Fsp3) is 0.708. The zero-order valence-corrected chi connectivity index (χ0v) is 22.0. The minimum absolute atomic E-state index is 0.181. The molecule has 1 radical (unpaired) electrons. The monoisotopic (exact) mass is 419 g/mol. The van der Waals surface area contributed by atoms with E-state index in [1.807, 2.05) is 0 Å². The highest BCUT2D eigenvalue weighted by Crippen LogP contribution is 2.44. The van der Waals surface area contributed by atoms with E-state index in [1.165, 1.54) is 31.2 Å². The van der Waals surface area contributed by atoms with Gasteiger partial charge in [-0.1, -0.05) is 47.6 Å². The third-order valence-corrected chi connectivity index (χ3v) is 15.9. The van der Waals surface area contributed by atoms with Crippen LogP contribution in [0.2, 0.25) is 36.3 Å². The lowest BCUT2D eigenvalue weighted by molar-refractivity contribution is 0.452. The highest BCUT2D eigenvalue weighted by molar-refractivity contribution is 6.75. The van der Waals surface area contributed by atoms with E-state index in [-0.39, 0.29) is 10.1 Å². The number of benzene rings is 1. The average Bonchev–Trinajstić information content (AvgIpc) is 2.53. The van der Waals surface area contributed by atoms with Crippen LogP contribution in [0.25, 0.3) is 0 Å². The second kappa shape index (κ2) is 8.18. The van der Waals surface area contributed by atoms with Gasteiger partial charge in [0.1, 0.15) is 11.5 Å². The summed E-state index contributed by atoms with van der Waals surface area (Å²) in [7, 11) is -3.78. The van der Waals surface area contributed by atoms with E-state index in [0.717, 1.165) is 11.5 Å². The second-order valence-electron chi connectivity index (χ2n) is 11.6. The number of hydrogen-bond acceptors (Lipinski definition) is 2. The Bertz CT molecular complexity index is 660. The molecule has 1 aliphatic carbocycles. The van der Waals surface area contributed by atoms with Crippen molar-refractivity contribution >= 4 is 16.6 Å². The normalized spacial score (nSPS) is 17.5. The van der Waals surface area contributed by atoms with Crippen LogP contribution in [0.5, 0.6) is 11.5 Å². The quantitative estimate of drug-likeness (QED) is 0.447. The Morgan fingerprint density at radius 3 is 1.79 bits per heavy atom. The topological polar surface area (TPSA) is 18.5 Å². The molecule has 159 valence electrons. The van der Waals surface area contributed by atoms with Crippen LogP contribution < -0.4 is 8.85 Å². The Morgan fingerprint density at radius 2 is 1.29 bits per heavy atom. The highest BCUT2D eigenvalue weighted by atomic mass is 28.4. The predicted octanol–water partition coefficient (Wildman–Crippen LogP) is 8.32. The molecule has 28 heavy (non-hydrogen) atoms. The van der Waals surface area contributed by atoms with Gasteiger partial charge in [-0.25, -0.2) is 0 Å². The van der Waals surface area contributed by atoms with E-state index in [4.69, 9.17) is 8.85 Å². The molecular formula is C24H43O2Si2. The lowest BCUT2D eigenvalue weighted by Crippen LogP contribution is -2.44. The summed E-state index contributed by atoms with van der Waals surface area (Å²) in [4.78, 5) is 0. The summed E-state index contributed by atoms with van der Waals surface area (Å²) >= 11 is 0. The molecule has 0 unspecified atom stereocenters. The van der Waals surface area contributed by atoms with Crippen LogP contribution in [0.3, 0.4) is 0 Å². The van der Waals surface area contributed by atoms with Crippen LogP contribution in [0.1, 0.15) is 78.7 Å². The maximum Gasteiger partial charge on any atom is 0.250 e. The Kier molecular flexibility index (Phi) is 6.87. The van der Waals surface area contributed by atoms with Crippen LogP contribution in [-0.4, -0.2) is 16.6 Å². The molecule has 1 fully saturated rings. The summed E-state index contributed by atoms with van der Waals surface area (Å²) in [6.45, 7) is 23.1. The van der Waals surface area contributed by atoms with E-state index in [9.17, 15) is 0 Å². The third kappa shape index (κ3) is 5.44. The molecule has 0 atom stereocenters. The van der Waals surface area contributed by atoms with Crippen LogP contribution in [0.4, 0.5) is 0 Å². The van der Waals surface area contributed by atoms with Gasteiger partial charge in [0, 0.05) is 6.07 Å². The molecule has 0 aliphatic heterocycles. The molecule has 2 nitrogen and oxygen atoms in total. The van der Waals surface area contributed by atoms with Gasteiger partial charge in [0.25, 0.3) is 0 Å². The third-order valence-electron chi connectivity index (χ3n) is 7.21. The Hall–Kier alpha value is -0.746. The van der Waals surface area contributed by atoms with Crippen molar-refractivity contribution in [1.29, 1.82) is 0 Å². The zero-order valence-electron chi connectivity index (χ0n) is 20.0. The fourth-order valence-electron chi connectivity index (χ4n) is 3.12. The van der Waals surface area contributed by atoms with Crippen LogP contribution in [-0.2, 0) is 0 Å². The van der Waals surface area contributed by atoms with Crippen molar-refractivity contribution in [3.63, 3.8) is 0 Å². The lowest BCUT2D eigenvalue weighted by Gasteiger charge is -2.39. The summed E-state index contributed by atoms with van der Waals surface area (Å²) in [6.07, 6.45) is 7.32. The van der Waals surface area contributed by atoms with Crippen molar-refractivity contribution in [3.05, 3.63) is 30.2 Å². The smallest absolute Gasteiger partial charge is 0.250 e. The van der Waals surface area contributed by atoms with E-state index in [1.54, 1.807) is 0 Å². The molecule has 0 heterocycles. The highest BCUT2D eigenvalue weighted by Gasteiger charge is 2.41.